The maximum Gasteiger partial charge on any atom is 0.184 e. The summed E-state index contributed by atoms with van der Waals surface area (Å²) >= 11 is 0. The van der Waals surface area contributed by atoms with Crippen LogP contribution in [0.15, 0.2) is 24.3 Å². The van der Waals surface area contributed by atoms with Gasteiger partial charge in [-0.1, -0.05) is 24.1 Å². The molecule has 1 fully saturated rings. The Morgan fingerprint density at radius 1 is 1.12 bits per heavy atom. The normalized spacial score (nSPS) is 19.4. The lowest BCUT2D eigenvalue weighted by molar-refractivity contribution is 0.0136. The Balaban J connectivity index is 1.90. The quantitative estimate of drug-likeness (QED) is 0.766. The third kappa shape index (κ3) is 2.97. The van der Waals surface area contributed by atoms with Gasteiger partial charge >= 0.3 is 0 Å². The average Bonchev–Trinajstić information content (AvgIpc) is 2.33. The first-order chi connectivity index (χ1) is 7.75. The summed E-state index contributed by atoms with van der Waals surface area (Å²) in [5.41, 5.74) is 2.21. The maximum absolute atomic E-state index is 10.0. The van der Waals surface area contributed by atoms with Crippen molar-refractivity contribution in [1.29, 1.82) is 0 Å². The van der Waals surface area contributed by atoms with Crippen LogP contribution in [0.3, 0.4) is 0 Å². The van der Waals surface area contributed by atoms with Gasteiger partial charge in [0.15, 0.2) is 6.35 Å². The van der Waals surface area contributed by atoms with Crippen molar-refractivity contribution in [3.63, 3.8) is 0 Å². The van der Waals surface area contributed by atoms with Gasteiger partial charge in [-0.05, 0) is 31.9 Å². The lowest BCUT2D eigenvalue weighted by atomic mass is 10.1. The first kappa shape index (κ1) is 11.4. The number of hydrogen-bond donors (Lipinski definition) is 2. The van der Waals surface area contributed by atoms with Gasteiger partial charge < -0.3 is 10.4 Å². The minimum atomic E-state index is -0.553. The van der Waals surface area contributed by atoms with Crippen LogP contribution in [0, 0.1) is 6.92 Å². The second-order valence-corrected chi connectivity index (χ2v) is 4.48. The fourth-order valence-corrected chi connectivity index (χ4v) is 2.05. The number of benzene rings is 1. The molecule has 1 saturated heterocycles. The van der Waals surface area contributed by atoms with Gasteiger partial charge in [0.05, 0.1) is 0 Å². The van der Waals surface area contributed by atoms with E-state index in [1.54, 1.807) is 0 Å². The third-order valence-corrected chi connectivity index (χ3v) is 3.08. The van der Waals surface area contributed by atoms with Gasteiger partial charge in [0, 0.05) is 18.8 Å². The maximum atomic E-state index is 10.0. The van der Waals surface area contributed by atoms with Gasteiger partial charge in [-0.25, -0.2) is 0 Å². The molecule has 1 unspecified atom stereocenters. The summed E-state index contributed by atoms with van der Waals surface area (Å²) < 4.78 is 0. The molecule has 1 atom stereocenters. The number of rotatable bonds is 3. The summed E-state index contributed by atoms with van der Waals surface area (Å²) in [7, 11) is 0. The number of aliphatic hydroxyl groups is 1. The fourth-order valence-electron chi connectivity index (χ4n) is 2.05. The van der Waals surface area contributed by atoms with E-state index in [1.807, 2.05) is 24.3 Å². The van der Waals surface area contributed by atoms with E-state index in [4.69, 9.17) is 0 Å². The molecule has 1 aliphatic rings. The molecule has 2 N–H and O–H groups in total. The van der Waals surface area contributed by atoms with E-state index in [2.05, 4.69) is 17.1 Å². The largest absolute Gasteiger partial charge is 0.361 e. The van der Waals surface area contributed by atoms with Crippen molar-refractivity contribution in [3.05, 3.63) is 29.8 Å². The molecule has 3 heteroatoms. The molecule has 16 heavy (non-hydrogen) atoms. The molecule has 88 valence electrons. The molecule has 0 spiro atoms. The molecule has 1 heterocycles. The highest BCUT2D eigenvalue weighted by Gasteiger charge is 2.17. The number of anilines is 1. The van der Waals surface area contributed by atoms with E-state index in [0.717, 1.165) is 18.8 Å². The molecule has 0 aliphatic carbocycles. The van der Waals surface area contributed by atoms with E-state index in [0.29, 0.717) is 0 Å². The Morgan fingerprint density at radius 2 is 1.75 bits per heavy atom. The number of aliphatic hydroxyl groups excluding tert-OH is 1. The van der Waals surface area contributed by atoms with Gasteiger partial charge in [-0.2, -0.15) is 0 Å². The minimum absolute atomic E-state index is 0.553. The number of piperidine rings is 1. The van der Waals surface area contributed by atoms with Gasteiger partial charge in [-0.3, -0.25) is 4.90 Å². The SMILES string of the molecule is Cc1ccc(NC(O)N2CCCCC2)cc1. The number of hydrogen-bond acceptors (Lipinski definition) is 3. The third-order valence-electron chi connectivity index (χ3n) is 3.08. The molecule has 0 bridgehead atoms. The number of nitrogens with zero attached hydrogens (tertiary/aromatic N) is 1. The topological polar surface area (TPSA) is 35.5 Å². The van der Waals surface area contributed by atoms with E-state index in [-0.39, 0.29) is 0 Å². The lowest BCUT2D eigenvalue weighted by Gasteiger charge is -2.31. The Labute approximate surface area is 97.1 Å². The van der Waals surface area contributed by atoms with Crippen molar-refractivity contribution in [3.8, 4) is 0 Å². The van der Waals surface area contributed by atoms with Gasteiger partial charge in [0.25, 0.3) is 0 Å². The molecule has 1 aliphatic heterocycles. The van der Waals surface area contributed by atoms with Crippen molar-refractivity contribution in [1.82, 2.24) is 4.90 Å². The van der Waals surface area contributed by atoms with Crippen LogP contribution in [-0.2, 0) is 0 Å². The predicted octanol–water partition coefficient (Wildman–Crippen LogP) is 2.17. The van der Waals surface area contributed by atoms with Crippen LogP contribution in [0.4, 0.5) is 5.69 Å². The zero-order chi connectivity index (χ0) is 11.4. The summed E-state index contributed by atoms with van der Waals surface area (Å²) in [6.07, 6.45) is 3.11. The molecular formula is C13H20N2O. The van der Waals surface area contributed by atoms with Gasteiger partial charge in [-0.15, -0.1) is 0 Å². The lowest BCUT2D eigenvalue weighted by Crippen LogP contribution is -2.43. The summed E-state index contributed by atoms with van der Waals surface area (Å²) in [5, 5.41) is 13.1. The van der Waals surface area contributed by atoms with Crippen molar-refractivity contribution in [2.24, 2.45) is 0 Å². The molecule has 0 saturated carbocycles. The molecule has 0 radical (unpaired) electrons. The highest BCUT2D eigenvalue weighted by molar-refractivity contribution is 5.44. The van der Waals surface area contributed by atoms with Crippen molar-refractivity contribution in [2.75, 3.05) is 18.4 Å². The smallest absolute Gasteiger partial charge is 0.184 e. The Morgan fingerprint density at radius 3 is 2.38 bits per heavy atom. The van der Waals surface area contributed by atoms with Crippen LogP contribution in [0.25, 0.3) is 0 Å². The van der Waals surface area contributed by atoms with E-state index >= 15 is 0 Å². The molecule has 2 rings (SSSR count). The average molecular weight is 220 g/mol. The minimum Gasteiger partial charge on any atom is -0.361 e. The molecule has 1 aromatic rings. The molecular weight excluding hydrogens is 200 g/mol. The van der Waals surface area contributed by atoms with E-state index in [9.17, 15) is 5.11 Å². The number of likely N-dealkylation sites (tertiary alicyclic amines) is 1. The zero-order valence-electron chi connectivity index (χ0n) is 9.82. The van der Waals surface area contributed by atoms with Crippen LogP contribution < -0.4 is 5.32 Å². The van der Waals surface area contributed by atoms with Crippen LogP contribution >= 0.6 is 0 Å². The van der Waals surface area contributed by atoms with Crippen molar-refractivity contribution >= 4 is 5.69 Å². The molecule has 1 aromatic carbocycles. The first-order valence-electron chi connectivity index (χ1n) is 6.01. The first-order valence-corrected chi connectivity index (χ1v) is 6.01. The summed E-state index contributed by atoms with van der Waals surface area (Å²) in [6.45, 7) is 4.03. The van der Waals surface area contributed by atoms with E-state index in [1.165, 1.54) is 24.8 Å². The van der Waals surface area contributed by atoms with Crippen molar-refractivity contribution < 1.29 is 5.11 Å². The van der Waals surface area contributed by atoms with Gasteiger partial charge in [0.2, 0.25) is 0 Å². The Kier molecular flexibility index (Phi) is 3.80. The summed E-state index contributed by atoms with van der Waals surface area (Å²) in [4.78, 5) is 2.09. The molecule has 3 nitrogen and oxygen atoms in total. The molecule has 0 aromatic heterocycles. The Hall–Kier alpha value is -1.06. The monoisotopic (exact) mass is 220 g/mol. The number of aryl methyl sites for hydroxylation is 1. The fraction of sp³-hybridized carbons (Fsp3) is 0.538. The van der Waals surface area contributed by atoms with E-state index < -0.39 is 6.35 Å². The molecule has 0 amide bonds. The second-order valence-electron chi connectivity index (χ2n) is 4.48. The van der Waals surface area contributed by atoms with Crippen LogP contribution in [0.1, 0.15) is 24.8 Å². The highest BCUT2D eigenvalue weighted by atomic mass is 16.3. The van der Waals surface area contributed by atoms with Crippen LogP contribution in [0.5, 0.6) is 0 Å². The van der Waals surface area contributed by atoms with Crippen molar-refractivity contribution in [2.45, 2.75) is 32.5 Å². The van der Waals surface area contributed by atoms with Crippen LogP contribution in [-0.4, -0.2) is 29.4 Å². The number of nitrogens with one attached hydrogen (secondary N) is 1. The summed E-state index contributed by atoms with van der Waals surface area (Å²) in [5.74, 6) is 0. The highest BCUT2D eigenvalue weighted by Crippen LogP contribution is 2.14. The second kappa shape index (κ2) is 5.32. The van der Waals surface area contributed by atoms with Crippen LogP contribution in [0.2, 0.25) is 0 Å². The zero-order valence-corrected chi connectivity index (χ0v) is 9.82. The van der Waals surface area contributed by atoms with Gasteiger partial charge in [0.1, 0.15) is 0 Å². The Bertz CT molecular complexity index is 317. The standard InChI is InChI=1S/C13H20N2O/c1-11-5-7-12(8-6-11)14-13(16)15-9-3-2-4-10-15/h5-8,13-14,16H,2-4,9-10H2,1H3. The summed E-state index contributed by atoms with van der Waals surface area (Å²) in [6, 6.07) is 8.10. The predicted molar refractivity (Wildman–Crippen MR) is 66.2 cm³/mol.